The van der Waals surface area contributed by atoms with Gasteiger partial charge in [0.05, 0.1) is 17.7 Å². The number of rotatable bonds is 5. The van der Waals surface area contributed by atoms with Crippen LogP contribution in [0.5, 0.6) is 0 Å². The molecule has 35 heavy (non-hydrogen) atoms. The summed E-state index contributed by atoms with van der Waals surface area (Å²) in [6.45, 7) is 13.1. The van der Waals surface area contributed by atoms with Crippen molar-refractivity contribution in [3.8, 4) is 6.07 Å². The summed E-state index contributed by atoms with van der Waals surface area (Å²) < 4.78 is 12.1. The van der Waals surface area contributed by atoms with Crippen molar-refractivity contribution in [2.45, 2.75) is 54.4 Å². The van der Waals surface area contributed by atoms with E-state index in [-0.39, 0.29) is 17.6 Å². The van der Waals surface area contributed by atoms with Crippen LogP contribution >= 0.6 is 0 Å². The zero-order valence-electron chi connectivity index (χ0n) is 21.8. The van der Waals surface area contributed by atoms with Crippen molar-refractivity contribution in [1.29, 1.82) is 5.26 Å². The predicted molar refractivity (Wildman–Crippen MR) is 141 cm³/mol. The molecule has 1 aliphatic rings. The molecule has 0 spiro atoms. The standard InChI is InChI=1S/C20H24N4O.C7H7F.C2H6/c1-4-15(2)6-5-7-18(16(3)19-8-10-22-14-23-19)20(25)24-11-9-17(12-21)13-24;1-6-2-4-7(8)5-3-6;1-2/h5-8,10,14,17H,4,9,11,13H2,1-3H3;2-5H,1H3;1-2H3/b7-5-,15-6+,18-16-;;/t17-;;/m0../s1. The van der Waals surface area contributed by atoms with Crippen molar-refractivity contribution < 1.29 is 9.18 Å². The summed E-state index contributed by atoms with van der Waals surface area (Å²) in [5, 5.41) is 9.08. The number of aromatic nitrogens is 2. The SMILES string of the molecule is CC.CC/C(C)=C/C=C\C(C(=O)N1CC[C@@H](C#N)C1)=C(/C)c1ccncn1.Cc1ccc(F)cc1. The number of halogens is 1. The molecule has 0 saturated carbocycles. The molecule has 1 aromatic heterocycles. The Morgan fingerprint density at radius 1 is 1.23 bits per heavy atom. The van der Waals surface area contributed by atoms with E-state index in [1.54, 1.807) is 29.3 Å². The van der Waals surface area contributed by atoms with E-state index >= 15 is 0 Å². The van der Waals surface area contributed by atoms with Gasteiger partial charge in [0.25, 0.3) is 5.91 Å². The highest BCUT2D eigenvalue weighted by Gasteiger charge is 2.28. The molecule has 0 unspecified atom stereocenters. The van der Waals surface area contributed by atoms with Gasteiger partial charge in [-0.15, -0.1) is 0 Å². The molecule has 0 bridgehead atoms. The summed E-state index contributed by atoms with van der Waals surface area (Å²) >= 11 is 0. The number of carbonyl (C=O) groups is 1. The molecule has 1 fully saturated rings. The van der Waals surface area contributed by atoms with Crippen LogP contribution in [-0.4, -0.2) is 33.9 Å². The van der Waals surface area contributed by atoms with Crippen LogP contribution in [0.2, 0.25) is 0 Å². The van der Waals surface area contributed by atoms with Crippen molar-refractivity contribution >= 4 is 11.5 Å². The van der Waals surface area contributed by atoms with Gasteiger partial charge in [-0.1, -0.05) is 56.2 Å². The Morgan fingerprint density at radius 2 is 1.91 bits per heavy atom. The van der Waals surface area contributed by atoms with Gasteiger partial charge in [0.1, 0.15) is 12.1 Å². The number of hydrogen-bond donors (Lipinski definition) is 0. The van der Waals surface area contributed by atoms with Gasteiger partial charge in [0.15, 0.2) is 0 Å². The van der Waals surface area contributed by atoms with Gasteiger partial charge in [-0.05, 0) is 63.5 Å². The highest BCUT2D eigenvalue weighted by molar-refractivity contribution is 6.03. The van der Waals surface area contributed by atoms with Crippen LogP contribution in [0.1, 0.15) is 58.7 Å². The van der Waals surface area contributed by atoms with E-state index in [4.69, 9.17) is 5.26 Å². The Kier molecular flexibility index (Phi) is 13.5. The smallest absolute Gasteiger partial charge is 0.254 e. The molecule has 1 aromatic carbocycles. The Hall–Kier alpha value is -3.59. The highest BCUT2D eigenvalue weighted by Crippen LogP contribution is 2.23. The Balaban J connectivity index is 0.000000512. The first-order chi connectivity index (χ1) is 16.8. The zero-order chi connectivity index (χ0) is 26.2. The Morgan fingerprint density at radius 3 is 2.43 bits per heavy atom. The topological polar surface area (TPSA) is 69.9 Å². The second-order valence-corrected chi connectivity index (χ2v) is 8.02. The lowest BCUT2D eigenvalue weighted by Gasteiger charge is -2.18. The first-order valence-electron chi connectivity index (χ1n) is 12.1. The summed E-state index contributed by atoms with van der Waals surface area (Å²) in [7, 11) is 0. The van der Waals surface area contributed by atoms with Crippen molar-refractivity contribution in [2.75, 3.05) is 13.1 Å². The van der Waals surface area contributed by atoms with Crippen LogP contribution in [-0.2, 0) is 4.79 Å². The molecule has 5 nitrogen and oxygen atoms in total. The molecule has 1 atom stereocenters. The molecule has 2 aromatic rings. The van der Waals surface area contributed by atoms with Crippen LogP contribution in [0.15, 0.2) is 72.2 Å². The molecule has 1 amide bonds. The van der Waals surface area contributed by atoms with Gasteiger partial charge < -0.3 is 4.90 Å². The number of hydrogen-bond acceptors (Lipinski definition) is 4. The average Bonchev–Trinajstić information content (AvgIpc) is 3.39. The van der Waals surface area contributed by atoms with Gasteiger partial charge in [-0.2, -0.15) is 5.26 Å². The molecule has 1 saturated heterocycles. The number of benzene rings is 1. The second kappa shape index (κ2) is 16.1. The quantitative estimate of drug-likeness (QED) is 0.356. The highest BCUT2D eigenvalue weighted by atomic mass is 19.1. The third-order valence-electron chi connectivity index (χ3n) is 5.47. The fraction of sp³-hybridized carbons (Fsp3) is 0.379. The van der Waals surface area contributed by atoms with Gasteiger partial charge in [-0.3, -0.25) is 4.79 Å². The number of amides is 1. The molecular weight excluding hydrogens is 439 g/mol. The van der Waals surface area contributed by atoms with Gasteiger partial charge in [-0.25, -0.2) is 14.4 Å². The lowest BCUT2D eigenvalue weighted by atomic mass is 10.0. The first-order valence-corrected chi connectivity index (χ1v) is 12.1. The minimum Gasteiger partial charge on any atom is -0.337 e. The van der Waals surface area contributed by atoms with Gasteiger partial charge in [0.2, 0.25) is 0 Å². The van der Waals surface area contributed by atoms with Gasteiger partial charge in [0, 0.05) is 24.9 Å². The lowest BCUT2D eigenvalue weighted by molar-refractivity contribution is -0.125. The van der Waals surface area contributed by atoms with E-state index in [2.05, 4.69) is 29.9 Å². The number of nitriles is 1. The van der Waals surface area contributed by atoms with Crippen molar-refractivity contribution in [2.24, 2.45) is 5.92 Å². The van der Waals surface area contributed by atoms with Crippen LogP contribution in [0.25, 0.3) is 5.57 Å². The van der Waals surface area contributed by atoms with Crippen LogP contribution in [0.3, 0.4) is 0 Å². The summed E-state index contributed by atoms with van der Waals surface area (Å²) in [6, 6.07) is 10.5. The molecular formula is C29H37FN4O. The molecule has 186 valence electrons. The van der Waals surface area contributed by atoms with E-state index in [0.29, 0.717) is 18.7 Å². The molecule has 0 radical (unpaired) electrons. The molecule has 3 rings (SSSR count). The second-order valence-electron chi connectivity index (χ2n) is 8.02. The summed E-state index contributed by atoms with van der Waals surface area (Å²) in [4.78, 5) is 23.0. The number of likely N-dealkylation sites (tertiary alicyclic amines) is 1. The maximum atomic E-state index is 13.0. The fourth-order valence-electron chi connectivity index (χ4n) is 3.19. The molecule has 0 N–H and O–H groups in total. The normalized spacial score (nSPS) is 15.9. The third-order valence-corrected chi connectivity index (χ3v) is 5.47. The third kappa shape index (κ3) is 10.1. The van der Waals surface area contributed by atoms with E-state index < -0.39 is 0 Å². The lowest BCUT2D eigenvalue weighted by Crippen LogP contribution is -2.30. The zero-order valence-corrected chi connectivity index (χ0v) is 21.8. The van der Waals surface area contributed by atoms with Gasteiger partial charge >= 0.3 is 0 Å². The maximum absolute atomic E-state index is 13.0. The predicted octanol–water partition coefficient (Wildman–Crippen LogP) is 6.70. The number of carbonyl (C=O) groups excluding carboxylic acids is 1. The van der Waals surface area contributed by atoms with Crippen molar-refractivity contribution in [3.63, 3.8) is 0 Å². The number of aryl methyl sites for hydroxylation is 1. The fourth-order valence-corrected chi connectivity index (χ4v) is 3.19. The van der Waals surface area contributed by atoms with E-state index in [0.717, 1.165) is 29.7 Å². The van der Waals surface area contributed by atoms with Crippen molar-refractivity contribution in [1.82, 2.24) is 14.9 Å². The van der Waals surface area contributed by atoms with E-state index in [9.17, 15) is 9.18 Å². The minimum absolute atomic E-state index is 0.0485. The Bertz CT molecular complexity index is 1030. The Labute approximate surface area is 209 Å². The summed E-state index contributed by atoms with van der Waals surface area (Å²) in [6.07, 6.45) is 10.6. The molecule has 0 aliphatic carbocycles. The monoisotopic (exact) mass is 476 g/mol. The minimum atomic E-state index is -0.171. The van der Waals surface area contributed by atoms with E-state index in [1.165, 1.54) is 24.0 Å². The summed E-state index contributed by atoms with van der Waals surface area (Å²) in [5.74, 6) is -0.293. The van der Waals surface area contributed by atoms with Crippen LogP contribution in [0, 0.1) is 30.0 Å². The van der Waals surface area contributed by atoms with Crippen molar-refractivity contribution in [3.05, 3.63) is 89.3 Å². The van der Waals surface area contributed by atoms with Crippen LogP contribution in [0.4, 0.5) is 4.39 Å². The molecule has 6 heteroatoms. The first kappa shape index (κ1) is 29.4. The molecule has 1 aliphatic heterocycles. The maximum Gasteiger partial charge on any atom is 0.254 e. The largest absolute Gasteiger partial charge is 0.337 e. The number of allylic oxidation sites excluding steroid dienone is 4. The molecule has 2 heterocycles. The van der Waals surface area contributed by atoms with Crippen LogP contribution < -0.4 is 0 Å². The number of nitrogens with zero attached hydrogens (tertiary/aromatic N) is 4. The average molecular weight is 477 g/mol. The van der Waals surface area contributed by atoms with E-state index in [1.807, 2.05) is 45.9 Å². The summed E-state index contributed by atoms with van der Waals surface area (Å²) in [5.41, 5.74) is 4.49.